The molecule has 0 aromatic rings. The molecule has 0 aromatic heterocycles. The summed E-state index contributed by atoms with van der Waals surface area (Å²) in [5.41, 5.74) is 0. The normalized spacial score (nSPS) is 11.0. The largest absolute Gasteiger partial charge is 0.369 e. The van der Waals surface area contributed by atoms with Gasteiger partial charge in [0.05, 0.1) is 0 Å². The van der Waals surface area contributed by atoms with Crippen LogP contribution in [-0.2, 0) is 24.4 Å². The van der Waals surface area contributed by atoms with E-state index < -0.39 is 11.9 Å². The number of unbranched alkanes of at least 4 members (excludes halogenated alkanes) is 13. The van der Waals surface area contributed by atoms with Crippen LogP contribution in [0.5, 0.6) is 0 Å². The van der Waals surface area contributed by atoms with Crippen molar-refractivity contribution in [2.24, 2.45) is 0 Å². The van der Waals surface area contributed by atoms with Crippen molar-refractivity contribution in [1.29, 1.82) is 0 Å². The van der Waals surface area contributed by atoms with Crippen LogP contribution >= 0.6 is 0 Å². The highest BCUT2D eigenvalue weighted by Gasteiger charge is 2.00. The molecule has 0 radical (unpaired) electrons. The van der Waals surface area contributed by atoms with Crippen LogP contribution in [0.3, 0.4) is 0 Å². The number of allylic oxidation sites excluding steroid dienone is 1. The molecule has 0 atom stereocenters. The summed E-state index contributed by atoms with van der Waals surface area (Å²) in [5, 5.41) is 3.98. The van der Waals surface area contributed by atoms with Crippen molar-refractivity contribution in [2.75, 3.05) is 0 Å². The zero-order chi connectivity index (χ0) is 18.6. The minimum Gasteiger partial charge on any atom is -0.260 e. The van der Waals surface area contributed by atoms with Crippen molar-refractivity contribution in [1.82, 2.24) is 0 Å². The average molecular weight is 357 g/mol. The molecular weight excluding hydrogens is 320 g/mol. The van der Waals surface area contributed by atoms with Gasteiger partial charge in [0.15, 0.2) is 0 Å². The summed E-state index contributed by atoms with van der Waals surface area (Å²) in [6, 6.07) is 0. The van der Waals surface area contributed by atoms with E-state index >= 15 is 0 Å². The summed E-state index contributed by atoms with van der Waals surface area (Å²) in [6.45, 7) is 3.41. The first-order chi connectivity index (χ1) is 12.2. The third-order valence-electron chi connectivity index (χ3n) is 4.00. The molecule has 0 aliphatic heterocycles. The first kappa shape index (κ1) is 23.6. The van der Waals surface area contributed by atoms with Gasteiger partial charge >= 0.3 is 11.9 Å². The van der Waals surface area contributed by atoms with E-state index in [0.717, 1.165) is 19.8 Å². The Morgan fingerprint density at radius 2 is 1.20 bits per heavy atom. The molecular formula is C20H36O5. The number of carbonyl (C=O) groups is 2. The monoisotopic (exact) mass is 356 g/mol. The summed E-state index contributed by atoms with van der Waals surface area (Å²) in [7, 11) is 0. The first-order valence-electron chi connectivity index (χ1n) is 9.89. The van der Waals surface area contributed by atoms with Crippen molar-refractivity contribution < 1.29 is 24.4 Å². The van der Waals surface area contributed by atoms with E-state index in [2.05, 4.69) is 21.7 Å². The SMILES string of the molecule is CCCCCCCCCCCCCCCC=CC(=O)OOOC(C)=O. The van der Waals surface area contributed by atoms with Gasteiger partial charge in [-0.3, -0.25) is 9.78 Å². The predicted octanol–water partition coefficient (Wildman–Crippen LogP) is 5.98. The van der Waals surface area contributed by atoms with Crippen LogP contribution < -0.4 is 0 Å². The molecule has 0 N–H and O–H groups in total. The van der Waals surface area contributed by atoms with E-state index in [-0.39, 0.29) is 0 Å². The highest BCUT2D eigenvalue weighted by Crippen LogP contribution is 2.13. The molecule has 5 heteroatoms. The van der Waals surface area contributed by atoms with E-state index in [9.17, 15) is 9.59 Å². The summed E-state index contributed by atoms with van der Waals surface area (Å²) in [4.78, 5) is 29.7. The van der Waals surface area contributed by atoms with Gasteiger partial charge in [0, 0.05) is 18.0 Å². The van der Waals surface area contributed by atoms with Crippen molar-refractivity contribution in [3.8, 4) is 0 Å². The highest BCUT2D eigenvalue weighted by atomic mass is 17.5. The molecule has 0 saturated heterocycles. The Labute approximate surface area is 153 Å². The van der Waals surface area contributed by atoms with Gasteiger partial charge in [-0.2, -0.15) is 0 Å². The second-order valence-electron chi connectivity index (χ2n) is 6.48. The molecule has 0 rings (SSSR count). The molecule has 0 saturated carbocycles. The fourth-order valence-electron chi connectivity index (χ4n) is 2.59. The van der Waals surface area contributed by atoms with Crippen LogP contribution in [0.2, 0.25) is 0 Å². The molecule has 5 nitrogen and oxygen atoms in total. The Hall–Kier alpha value is -1.36. The van der Waals surface area contributed by atoms with Gasteiger partial charge in [0.25, 0.3) is 0 Å². The molecule has 0 heterocycles. The van der Waals surface area contributed by atoms with E-state index in [1.807, 2.05) is 0 Å². The van der Waals surface area contributed by atoms with Crippen molar-refractivity contribution in [3.05, 3.63) is 12.2 Å². The van der Waals surface area contributed by atoms with Crippen molar-refractivity contribution in [3.63, 3.8) is 0 Å². The smallest absolute Gasteiger partial charge is 0.260 e. The first-order valence-corrected chi connectivity index (χ1v) is 9.89. The fraction of sp³-hybridized carbons (Fsp3) is 0.800. The fourth-order valence-corrected chi connectivity index (χ4v) is 2.59. The molecule has 0 aliphatic carbocycles. The van der Waals surface area contributed by atoms with Gasteiger partial charge in [0.1, 0.15) is 0 Å². The molecule has 0 spiro atoms. The lowest BCUT2D eigenvalue weighted by Crippen LogP contribution is -2.05. The topological polar surface area (TPSA) is 61.8 Å². The quantitative estimate of drug-likeness (QED) is 0.139. The second kappa shape index (κ2) is 19.0. The predicted molar refractivity (Wildman–Crippen MR) is 98.4 cm³/mol. The maximum Gasteiger partial charge on any atom is 0.369 e. The van der Waals surface area contributed by atoms with E-state index in [4.69, 9.17) is 0 Å². The molecule has 25 heavy (non-hydrogen) atoms. The Morgan fingerprint density at radius 3 is 1.68 bits per heavy atom. The maximum atomic E-state index is 11.1. The second-order valence-corrected chi connectivity index (χ2v) is 6.48. The number of hydrogen-bond donors (Lipinski definition) is 0. The summed E-state index contributed by atoms with van der Waals surface area (Å²) < 4.78 is 0. The van der Waals surface area contributed by atoms with Crippen molar-refractivity contribution >= 4 is 11.9 Å². The Bertz CT molecular complexity index is 352. The Balaban J connectivity index is 3.21. The van der Waals surface area contributed by atoms with E-state index in [1.54, 1.807) is 6.08 Å². The molecule has 0 fully saturated rings. The zero-order valence-electron chi connectivity index (χ0n) is 16.1. The lowest BCUT2D eigenvalue weighted by molar-refractivity contribution is -0.456. The molecule has 0 amide bonds. The number of hydrogen-bond acceptors (Lipinski definition) is 5. The molecule has 0 bridgehead atoms. The molecule has 0 aliphatic rings. The van der Waals surface area contributed by atoms with Crippen molar-refractivity contribution in [2.45, 2.75) is 104 Å². The van der Waals surface area contributed by atoms with Crippen LogP contribution in [0.25, 0.3) is 0 Å². The van der Waals surface area contributed by atoms with Gasteiger partial charge in [-0.1, -0.05) is 90.0 Å². The third kappa shape index (κ3) is 20.6. The Kier molecular flexibility index (Phi) is 17.9. The average Bonchev–Trinajstić information content (AvgIpc) is 2.58. The number of rotatable bonds is 17. The number of carbonyl (C=O) groups excluding carboxylic acids is 2. The van der Waals surface area contributed by atoms with Gasteiger partial charge in [0.2, 0.25) is 0 Å². The van der Waals surface area contributed by atoms with E-state index in [1.165, 1.54) is 83.1 Å². The van der Waals surface area contributed by atoms with Crippen LogP contribution in [0.4, 0.5) is 0 Å². The summed E-state index contributed by atoms with van der Waals surface area (Å²) in [5.74, 6) is -1.36. The molecule has 146 valence electrons. The molecule has 0 unspecified atom stereocenters. The summed E-state index contributed by atoms with van der Waals surface area (Å²) in [6.07, 6.45) is 21.1. The standard InChI is InChI=1S/C20H36O5/c1-3-4-5-6-7-8-9-10-11-12-13-14-15-16-17-18-20(22)24-25-23-19(2)21/h17-18H,3-16H2,1-2H3. The van der Waals surface area contributed by atoms with Crippen LogP contribution in [0.1, 0.15) is 104 Å². The lowest BCUT2D eigenvalue weighted by Gasteiger charge is -2.02. The Morgan fingerprint density at radius 1 is 0.720 bits per heavy atom. The highest BCUT2D eigenvalue weighted by molar-refractivity contribution is 5.81. The van der Waals surface area contributed by atoms with Gasteiger partial charge in [-0.25, -0.2) is 9.59 Å². The zero-order valence-corrected chi connectivity index (χ0v) is 16.1. The van der Waals surface area contributed by atoms with Gasteiger partial charge < -0.3 is 0 Å². The minimum atomic E-state index is -0.684. The van der Waals surface area contributed by atoms with Crippen LogP contribution in [0.15, 0.2) is 12.2 Å². The maximum absolute atomic E-state index is 11.1. The van der Waals surface area contributed by atoms with E-state index in [0.29, 0.717) is 0 Å². The van der Waals surface area contributed by atoms with Gasteiger partial charge in [-0.05, 0) is 12.8 Å². The van der Waals surface area contributed by atoms with Crippen LogP contribution in [-0.4, -0.2) is 11.9 Å². The summed E-state index contributed by atoms with van der Waals surface area (Å²) >= 11 is 0. The lowest BCUT2D eigenvalue weighted by atomic mass is 10.0. The van der Waals surface area contributed by atoms with Crippen LogP contribution in [0, 0.1) is 0 Å². The third-order valence-corrected chi connectivity index (χ3v) is 4.00. The minimum absolute atomic E-state index is 0.677. The molecule has 0 aromatic carbocycles. The van der Waals surface area contributed by atoms with Gasteiger partial charge in [-0.15, -0.1) is 0 Å².